The van der Waals surface area contributed by atoms with Crippen LogP contribution in [-0.2, 0) is 10.2 Å². The first-order chi connectivity index (χ1) is 10.7. The van der Waals surface area contributed by atoms with Crippen LogP contribution in [0.25, 0.3) is 0 Å². The van der Waals surface area contributed by atoms with Crippen molar-refractivity contribution >= 4 is 17.2 Å². The van der Waals surface area contributed by atoms with Crippen LogP contribution in [0.5, 0.6) is 0 Å². The lowest BCUT2D eigenvalue weighted by Gasteiger charge is -2.38. The maximum Gasteiger partial charge on any atom is 0.261 e. The molecule has 1 aromatic heterocycles. The summed E-state index contributed by atoms with van der Waals surface area (Å²) in [5.41, 5.74) is 0.676. The molecule has 0 bridgehead atoms. The number of amides is 1. The van der Waals surface area contributed by atoms with Crippen LogP contribution in [0, 0.1) is 5.82 Å². The van der Waals surface area contributed by atoms with Gasteiger partial charge in [0.05, 0.1) is 4.88 Å². The second-order valence-electron chi connectivity index (χ2n) is 5.56. The van der Waals surface area contributed by atoms with E-state index in [1.807, 2.05) is 17.5 Å². The normalized spacial score (nSPS) is 17.1. The summed E-state index contributed by atoms with van der Waals surface area (Å²) in [5, 5.41) is 4.89. The Bertz CT molecular complexity index is 636. The molecule has 0 radical (unpaired) electrons. The zero-order valence-electron chi connectivity index (χ0n) is 12.2. The van der Waals surface area contributed by atoms with E-state index in [1.54, 1.807) is 18.2 Å². The molecular weight excluding hydrogens is 301 g/mol. The highest BCUT2D eigenvalue weighted by molar-refractivity contribution is 7.12. The summed E-state index contributed by atoms with van der Waals surface area (Å²) in [7, 11) is 0. The van der Waals surface area contributed by atoms with Crippen LogP contribution in [-0.4, -0.2) is 25.7 Å². The van der Waals surface area contributed by atoms with Crippen LogP contribution in [0.3, 0.4) is 0 Å². The number of nitrogens with one attached hydrogen (secondary N) is 1. The van der Waals surface area contributed by atoms with Gasteiger partial charge in [0.15, 0.2) is 0 Å². The van der Waals surface area contributed by atoms with Gasteiger partial charge in [0.25, 0.3) is 5.91 Å². The molecule has 1 N–H and O–H groups in total. The van der Waals surface area contributed by atoms with Gasteiger partial charge in [-0.15, -0.1) is 11.3 Å². The van der Waals surface area contributed by atoms with Gasteiger partial charge in [0.2, 0.25) is 0 Å². The smallest absolute Gasteiger partial charge is 0.261 e. The van der Waals surface area contributed by atoms with Gasteiger partial charge in [0.1, 0.15) is 5.82 Å². The highest BCUT2D eigenvalue weighted by atomic mass is 32.1. The topological polar surface area (TPSA) is 38.3 Å². The Morgan fingerprint density at radius 2 is 2.09 bits per heavy atom. The third-order valence-electron chi connectivity index (χ3n) is 4.22. The summed E-state index contributed by atoms with van der Waals surface area (Å²) in [4.78, 5) is 12.9. The summed E-state index contributed by atoms with van der Waals surface area (Å²) < 4.78 is 19.0. The third-order valence-corrected chi connectivity index (χ3v) is 5.09. The maximum atomic E-state index is 13.6. The Morgan fingerprint density at radius 1 is 1.27 bits per heavy atom. The van der Waals surface area contributed by atoms with Gasteiger partial charge in [-0.25, -0.2) is 4.39 Å². The van der Waals surface area contributed by atoms with Gasteiger partial charge in [-0.2, -0.15) is 0 Å². The molecule has 1 aromatic carbocycles. The fourth-order valence-electron chi connectivity index (χ4n) is 2.89. The zero-order valence-corrected chi connectivity index (χ0v) is 13.0. The Balaban J connectivity index is 1.79. The van der Waals surface area contributed by atoms with Crippen LogP contribution >= 0.6 is 11.3 Å². The summed E-state index contributed by atoms with van der Waals surface area (Å²) in [6, 6.07) is 10.3. The molecule has 3 rings (SSSR count). The predicted octanol–water partition coefficient (Wildman–Crippen LogP) is 3.37. The molecule has 2 aromatic rings. The monoisotopic (exact) mass is 319 g/mol. The molecule has 0 aliphatic carbocycles. The van der Waals surface area contributed by atoms with Crippen LogP contribution in [0.4, 0.5) is 4.39 Å². The second kappa shape index (κ2) is 6.58. The number of carbonyl (C=O) groups is 1. The van der Waals surface area contributed by atoms with E-state index < -0.39 is 0 Å². The molecule has 0 unspecified atom stereocenters. The summed E-state index contributed by atoms with van der Waals surface area (Å²) in [6.45, 7) is 1.76. The molecule has 1 aliphatic rings. The zero-order chi connectivity index (χ0) is 15.4. The summed E-state index contributed by atoms with van der Waals surface area (Å²) in [6.07, 6.45) is 1.56. The van der Waals surface area contributed by atoms with Crippen molar-refractivity contribution in [3.05, 3.63) is 58.0 Å². The van der Waals surface area contributed by atoms with Crippen molar-refractivity contribution in [2.45, 2.75) is 18.3 Å². The molecule has 1 amide bonds. The van der Waals surface area contributed by atoms with E-state index >= 15 is 0 Å². The van der Waals surface area contributed by atoms with E-state index in [4.69, 9.17) is 4.74 Å². The first-order valence-corrected chi connectivity index (χ1v) is 8.23. The SMILES string of the molecule is O=C(NCC1(c2cccc(F)c2)CCOCC1)c1cccs1. The molecule has 2 heterocycles. The van der Waals surface area contributed by atoms with Gasteiger partial charge in [-0.05, 0) is 42.0 Å². The molecule has 116 valence electrons. The van der Waals surface area contributed by atoms with E-state index in [0.29, 0.717) is 24.6 Å². The molecule has 1 fully saturated rings. The summed E-state index contributed by atoms with van der Waals surface area (Å²) in [5.74, 6) is -0.315. The number of halogens is 1. The largest absolute Gasteiger partial charge is 0.381 e. The Morgan fingerprint density at radius 3 is 2.77 bits per heavy atom. The lowest BCUT2D eigenvalue weighted by Crippen LogP contribution is -2.44. The maximum absolute atomic E-state index is 13.6. The molecule has 3 nitrogen and oxygen atoms in total. The van der Waals surface area contributed by atoms with E-state index in [-0.39, 0.29) is 17.1 Å². The molecule has 5 heteroatoms. The van der Waals surface area contributed by atoms with Crippen LogP contribution in [0.2, 0.25) is 0 Å². The third kappa shape index (κ3) is 3.20. The van der Waals surface area contributed by atoms with Crippen molar-refractivity contribution < 1.29 is 13.9 Å². The van der Waals surface area contributed by atoms with Gasteiger partial charge in [-0.1, -0.05) is 18.2 Å². The number of ether oxygens (including phenoxy) is 1. The Labute approximate surface area is 133 Å². The van der Waals surface area contributed by atoms with E-state index in [2.05, 4.69) is 5.32 Å². The highest BCUT2D eigenvalue weighted by Gasteiger charge is 2.35. The molecule has 22 heavy (non-hydrogen) atoms. The van der Waals surface area contributed by atoms with Crippen molar-refractivity contribution in [3.63, 3.8) is 0 Å². The second-order valence-corrected chi connectivity index (χ2v) is 6.51. The number of carbonyl (C=O) groups excluding carboxylic acids is 1. The number of hydrogen-bond donors (Lipinski definition) is 1. The minimum atomic E-state index is -0.257. The van der Waals surface area contributed by atoms with Crippen molar-refractivity contribution in [1.29, 1.82) is 0 Å². The molecule has 0 saturated carbocycles. The number of rotatable bonds is 4. The van der Waals surface area contributed by atoms with Gasteiger partial charge in [0, 0.05) is 25.2 Å². The molecule has 0 atom stereocenters. The minimum Gasteiger partial charge on any atom is -0.381 e. The van der Waals surface area contributed by atoms with Crippen molar-refractivity contribution in [1.82, 2.24) is 5.32 Å². The lowest BCUT2D eigenvalue weighted by molar-refractivity contribution is 0.0486. The van der Waals surface area contributed by atoms with Crippen LogP contribution in [0.1, 0.15) is 28.1 Å². The van der Waals surface area contributed by atoms with E-state index in [0.717, 1.165) is 18.4 Å². The lowest BCUT2D eigenvalue weighted by atomic mass is 9.74. The van der Waals surface area contributed by atoms with Crippen molar-refractivity contribution in [3.8, 4) is 0 Å². The molecule has 1 saturated heterocycles. The molecule has 0 spiro atoms. The summed E-state index contributed by atoms with van der Waals surface area (Å²) >= 11 is 1.42. The fraction of sp³-hybridized carbons (Fsp3) is 0.353. The first-order valence-electron chi connectivity index (χ1n) is 7.35. The quantitative estimate of drug-likeness (QED) is 0.938. The Kier molecular flexibility index (Phi) is 4.55. The number of hydrogen-bond acceptors (Lipinski definition) is 3. The van der Waals surface area contributed by atoms with E-state index in [9.17, 15) is 9.18 Å². The van der Waals surface area contributed by atoms with Crippen LogP contribution in [0.15, 0.2) is 41.8 Å². The molecule has 1 aliphatic heterocycles. The van der Waals surface area contributed by atoms with Crippen molar-refractivity contribution in [2.24, 2.45) is 0 Å². The average Bonchev–Trinajstić information content (AvgIpc) is 3.08. The van der Waals surface area contributed by atoms with Crippen LogP contribution < -0.4 is 5.32 Å². The van der Waals surface area contributed by atoms with Gasteiger partial charge in [-0.3, -0.25) is 4.79 Å². The van der Waals surface area contributed by atoms with Crippen molar-refractivity contribution in [2.75, 3.05) is 19.8 Å². The molecular formula is C17H18FNO2S. The highest BCUT2D eigenvalue weighted by Crippen LogP contribution is 2.34. The first kappa shape index (κ1) is 15.2. The van der Waals surface area contributed by atoms with E-state index in [1.165, 1.54) is 17.4 Å². The Hall–Kier alpha value is -1.72. The minimum absolute atomic E-state index is 0.0720. The van der Waals surface area contributed by atoms with Gasteiger partial charge < -0.3 is 10.1 Å². The number of thiophene rings is 1. The van der Waals surface area contributed by atoms with Gasteiger partial charge >= 0.3 is 0 Å². The number of benzene rings is 1. The fourth-order valence-corrected chi connectivity index (χ4v) is 3.53. The standard InChI is InChI=1S/C17H18FNO2S/c18-14-4-1-3-13(11-14)17(6-8-21-9-7-17)12-19-16(20)15-5-2-10-22-15/h1-5,10-11H,6-9,12H2,(H,19,20). The predicted molar refractivity (Wildman–Crippen MR) is 84.8 cm³/mol. The average molecular weight is 319 g/mol.